The van der Waals surface area contributed by atoms with E-state index in [0.717, 1.165) is 11.1 Å². The summed E-state index contributed by atoms with van der Waals surface area (Å²) >= 11 is 0. The van der Waals surface area contributed by atoms with Gasteiger partial charge in [-0.1, -0.05) is 12.1 Å². The maximum Gasteiger partial charge on any atom is 0.271 e. The standard InChI is InChI=1S/C17H16N2O5/c1-11-2-4-13(19(21)22)10-14(11)18-17(20)9-12-3-5-15-16(8-12)24-7-6-23-15/h2-5,8,10H,6-7,9H2,1H3,(H,18,20). The van der Waals surface area contributed by atoms with E-state index in [1.807, 2.05) is 0 Å². The normalized spacial score (nSPS) is 12.5. The van der Waals surface area contributed by atoms with Gasteiger partial charge in [-0.15, -0.1) is 0 Å². The molecule has 2 aromatic rings. The lowest BCUT2D eigenvalue weighted by molar-refractivity contribution is -0.384. The highest BCUT2D eigenvalue weighted by atomic mass is 16.6. The van der Waals surface area contributed by atoms with Crippen molar-refractivity contribution in [2.24, 2.45) is 0 Å². The van der Waals surface area contributed by atoms with Crippen LogP contribution in [-0.2, 0) is 11.2 Å². The molecule has 1 N–H and O–H groups in total. The number of fused-ring (bicyclic) bond motifs is 1. The molecule has 1 amide bonds. The number of non-ortho nitro benzene ring substituents is 1. The van der Waals surface area contributed by atoms with Crippen LogP contribution in [0.1, 0.15) is 11.1 Å². The average Bonchev–Trinajstić information content (AvgIpc) is 2.56. The zero-order valence-corrected chi connectivity index (χ0v) is 13.1. The van der Waals surface area contributed by atoms with Crippen molar-refractivity contribution in [2.75, 3.05) is 18.5 Å². The van der Waals surface area contributed by atoms with Gasteiger partial charge < -0.3 is 14.8 Å². The van der Waals surface area contributed by atoms with Crippen LogP contribution in [0.3, 0.4) is 0 Å². The first kappa shape index (κ1) is 15.8. The summed E-state index contributed by atoms with van der Waals surface area (Å²) < 4.78 is 10.9. The molecular formula is C17H16N2O5. The summed E-state index contributed by atoms with van der Waals surface area (Å²) in [6.45, 7) is 2.78. The predicted molar refractivity (Wildman–Crippen MR) is 87.6 cm³/mol. The summed E-state index contributed by atoms with van der Waals surface area (Å²) in [7, 11) is 0. The fraction of sp³-hybridized carbons (Fsp3) is 0.235. The Bertz CT molecular complexity index is 804. The van der Waals surface area contributed by atoms with Crippen LogP contribution in [0, 0.1) is 17.0 Å². The van der Waals surface area contributed by atoms with E-state index in [1.165, 1.54) is 12.1 Å². The van der Waals surface area contributed by atoms with E-state index in [0.29, 0.717) is 30.4 Å². The van der Waals surface area contributed by atoms with Crippen molar-refractivity contribution in [2.45, 2.75) is 13.3 Å². The number of anilines is 1. The largest absolute Gasteiger partial charge is 0.486 e. The van der Waals surface area contributed by atoms with Crippen molar-refractivity contribution < 1.29 is 19.2 Å². The lowest BCUT2D eigenvalue weighted by Gasteiger charge is -2.18. The van der Waals surface area contributed by atoms with Crippen molar-refractivity contribution in [3.8, 4) is 11.5 Å². The molecule has 24 heavy (non-hydrogen) atoms. The summed E-state index contributed by atoms with van der Waals surface area (Å²) in [5.41, 5.74) is 1.91. The van der Waals surface area contributed by atoms with Gasteiger partial charge in [0.2, 0.25) is 5.91 Å². The quantitative estimate of drug-likeness (QED) is 0.688. The third-order valence-corrected chi connectivity index (χ3v) is 3.68. The number of ether oxygens (including phenoxy) is 2. The second-order valence-electron chi connectivity index (χ2n) is 5.46. The summed E-state index contributed by atoms with van der Waals surface area (Å²) in [4.78, 5) is 22.6. The summed E-state index contributed by atoms with van der Waals surface area (Å²) in [5.74, 6) is 1.04. The van der Waals surface area contributed by atoms with Gasteiger partial charge in [-0.05, 0) is 30.2 Å². The Labute approximate surface area is 138 Å². The highest BCUT2D eigenvalue weighted by Crippen LogP contribution is 2.31. The molecule has 2 aromatic carbocycles. The number of nitrogens with zero attached hydrogens (tertiary/aromatic N) is 1. The Morgan fingerprint density at radius 2 is 1.92 bits per heavy atom. The second-order valence-corrected chi connectivity index (χ2v) is 5.46. The van der Waals surface area contributed by atoms with Crippen molar-refractivity contribution in [3.63, 3.8) is 0 Å². The topological polar surface area (TPSA) is 90.7 Å². The number of carbonyl (C=O) groups excluding carboxylic acids is 1. The van der Waals surface area contributed by atoms with E-state index in [-0.39, 0.29) is 18.0 Å². The van der Waals surface area contributed by atoms with Gasteiger partial charge >= 0.3 is 0 Å². The number of nitrogens with one attached hydrogen (secondary N) is 1. The molecule has 124 valence electrons. The molecule has 0 radical (unpaired) electrons. The van der Waals surface area contributed by atoms with Crippen LogP contribution < -0.4 is 14.8 Å². The molecule has 0 atom stereocenters. The minimum absolute atomic E-state index is 0.0600. The smallest absolute Gasteiger partial charge is 0.271 e. The number of hydrogen-bond acceptors (Lipinski definition) is 5. The van der Waals surface area contributed by atoms with E-state index in [2.05, 4.69) is 5.32 Å². The molecule has 0 spiro atoms. The fourth-order valence-electron chi connectivity index (χ4n) is 2.44. The predicted octanol–water partition coefficient (Wildman–Crippen LogP) is 2.86. The van der Waals surface area contributed by atoms with Crippen molar-refractivity contribution in [1.29, 1.82) is 0 Å². The number of benzene rings is 2. The third-order valence-electron chi connectivity index (χ3n) is 3.68. The first-order chi connectivity index (χ1) is 11.5. The lowest BCUT2D eigenvalue weighted by atomic mass is 10.1. The maximum atomic E-state index is 12.2. The van der Waals surface area contributed by atoms with Crippen molar-refractivity contribution >= 4 is 17.3 Å². The minimum atomic E-state index is -0.490. The van der Waals surface area contributed by atoms with Crippen molar-refractivity contribution in [3.05, 3.63) is 57.6 Å². The number of hydrogen-bond donors (Lipinski definition) is 1. The fourth-order valence-corrected chi connectivity index (χ4v) is 2.44. The number of carbonyl (C=O) groups is 1. The summed E-state index contributed by atoms with van der Waals surface area (Å²) in [5, 5.41) is 13.6. The first-order valence-electron chi connectivity index (χ1n) is 7.46. The van der Waals surface area contributed by atoms with Gasteiger partial charge in [0.15, 0.2) is 11.5 Å². The average molecular weight is 328 g/mol. The van der Waals surface area contributed by atoms with Gasteiger partial charge in [0.25, 0.3) is 5.69 Å². The summed E-state index contributed by atoms with van der Waals surface area (Å²) in [6, 6.07) is 9.72. The highest BCUT2D eigenvalue weighted by Gasteiger charge is 2.15. The molecule has 0 unspecified atom stereocenters. The molecular weight excluding hydrogens is 312 g/mol. The molecule has 0 fully saturated rings. The SMILES string of the molecule is Cc1ccc([N+](=O)[O-])cc1NC(=O)Cc1ccc2c(c1)OCCO2. The minimum Gasteiger partial charge on any atom is -0.486 e. The first-order valence-corrected chi connectivity index (χ1v) is 7.46. The Kier molecular flexibility index (Phi) is 4.33. The number of aryl methyl sites for hydroxylation is 1. The summed E-state index contributed by atoms with van der Waals surface area (Å²) in [6.07, 6.45) is 0.138. The lowest BCUT2D eigenvalue weighted by Crippen LogP contribution is -2.17. The second kappa shape index (κ2) is 6.57. The van der Waals surface area contributed by atoms with Gasteiger partial charge in [-0.3, -0.25) is 14.9 Å². The number of nitro groups is 1. The molecule has 0 saturated carbocycles. The van der Waals surface area contributed by atoms with Crippen LogP contribution in [0.15, 0.2) is 36.4 Å². The Morgan fingerprint density at radius 1 is 1.17 bits per heavy atom. The molecule has 0 saturated heterocycles. The van der Waals surface area contributed by atoms with Crippen LogP contribution in [-0.4, -0.2) is 24.0 Å². The molecule has 3 rings (SSSR count). The van der Waals surface area contributed by atoms with Gasteiger partial charge in [-0.25, -0.2) is 0 Å². The van der Waals surface area contributed by atoms with Crippen LogP contribution in [0.25, 0.3) is 0 Å². The molecule has 1 aliphatic rings. The number of nitro benzene ring substituents is 1. The molecule has 0 aromatic heterocycles. The van der Waals surface area contributed by atoms with Gasteiger partial charge in [0, 0.05) is 12.1 Å². The third kappa shape index (κ3) is 3.45. The van der Waals surface area contributed by atoms with Gasteiger partial charge in [0.1, 0.15) is 13.2 Å². The van der Waals surface area contributed by atoms with Gasteiger partial charge in [0.05, 0.1) is 17.0 Å². The number of rotatable bonds is 4. The van der Waals surface area contributed by atoms with Crippen LogP contribution >= 0.6 is 0 Å². The van der Waals surface area contributed by atoms with Crippen LogP contribution in [0.5, 0.6) is 11.5 Å². The molecule has 1 aliphatic heterocycles. The zero-order chi connectivity index (χ0) is 17.1. The van der Waals surface area contributed by atoms with Crippen LogP contribution in [0.2, 0.25) is 0 Å². The van der Waals surface area contributed by atoms with E-state index in [9.17, 15) is 14.9 Å². The number of amides is 1. The van der Waals surface area contributed by atoms with Crippen LogP contribution in [0.4, 0.5) is 11.4 Å². The molecule has 1 heterocycles. The molecule has 7 heteroatoms. The molecule has 7 nitrogen and oxygen atoms in total. The monoisotopic (exact) mass is 328 g/mol. The maximum absolute atomic E-state index is 12.2. The highest BCUT2D eigenvalue weighted by molar-refractivity contribution is 5.93. The molecule has 0 aliphatic carbocycles. The Hall–Kier alpha value is -3.09. The van der Waals surface area contributed by atoms with E-state index in [4.69, 9.17) is 9.47 Å². The molecule has 0 bridgehead atoms. The Balaban J connectivity index is 1.72. The van der Waals surface area contributed by atoms with Gasteiger partial charge in [-0.2, -0.15) is 0 Å². The van der Waals surface area contributed by atoms with E-state index >= 15 is 0 Å². The zero-order valence-electron chi connectivity index (χ0n) is 13.1. The van der Waals surface area contributed by atoms with Crippen molar-refractivity contribution in [1.82, 2.24) is 0 Å². The van der Waals surface area contributed by atoms with E-state index in [1.54, 1.807) is 31.2 Å². The Morgan fingerprint density at radius 3 is 2.67 bits per heavy atom. The van der Waals surface area contributed by atoms with E-state index < -0.39 is 4.92 Å².